The second-order valence-electron chi connectivity index (χ2n) is 7.12. The minimum Gasteiger partial charge on any atom is -0.497 e. The first-order valence-corrected chi connectivity index (χ1v) is 10.8. The van der Waals surface area contributed by atoms with E-state index in [2.05, 4.69) is 4.90 Å². The predicted octanol–water partition coefficient (Wildman–Crippen LogP) is 0.513. The van der Waals surface area contributed by atoms with Crippen LogP contribution in [0.3, 0.4) is 0 Å². The zero-order chi connectivity index (χ0) is 18.7. The maximum atomic E-state index is 13.0. The van der Waals surface area contributed by atoms with Crippen LogP contribution in [-0.2, 0) is 14.6 Å². The second kappa shape index (κ2) is 7.94. The Balaban J connectivity index is 1.75. The molecule has 1 amide bonds. The lowest BCUT2D eigenvalue weighted by Crippen LogP contribution is -2.46. The van der Waals surface area contributed by atoms with Gasteiger partial charge in [0.05, 0.1) is 32.1 Å². The highest BCUT2D eigenvalue weighted by Crippen LogP contribution is 2.22. The number of methoxy groups -OCH3 is 1. The van der Waals surface area contributed by atoms with Crippen LogP contribution < -0.4 is 4.74 Å². The average molecular weight is 382 g/mol. The molecule has 0 unspecified atom stereocenters. The number of sulfone groups is 1. The Morgan fingerprint density at radius 3 is 2.81 bits per heavy atom. The molecule has 1 aromatic rings. The molecular weight excluding hydrogens is 356 g/mol. The van der Waals surface area contributed by atoms with Crippen LogP contribution in [0.2, 0.25) is 0 Å². The van der Waals surface area contributed by atoms with Gasteiger partial charge in [-0.1, -0.05) is 6.07 Å². The highest BCUT2D eigenvalue weighted by atomic mass is 32.2. The number of ether oxygens (including phenoxy) is 2. The molecule has 2 aliphatic rings. The summed E-state index contributed by atoms with van der Waals surface area (Å²) in [6.07, 6.45) is 1.26. The second-order valence-corrected chi connectivity index (χ2v) is 9.38. The highest BCUT2D eigenvalue weighted by molar-refractivity contribution is 7.90. The molecule has 1 aromatic carbocycles. The fourth-order valence-electron chi connectivity index (χ4n) is 3.59. The first kappa shape index (κ1) is 19.1. The SMILES string of the molecule is COc1cccc(C(=O)N2C[C@@H]3COC[C@H](C2)N(CCS(C)(=O)=O)C3)c1. The van der Waals surface area contributed by atoms with E-state index in [0.29, 0.717) is 44.2 Å². The van der Waals surface area contributed by atoms with Gasteiger partial charge < -0.3 is 14.4 Å². The van der Waals surface area contributed by atoms with Gasteiger partial charge in [-0.15, -0.1) is 0 Å². The maximum Gasteiger partial charge on any atom is 0.254 e. The summed E-state index contributed by atoms with van der Waals surface area (Å²) >= 11 is 0. The number of hydrogen-bond donors (Lipinski definition) is 0. The molecule has 2 aliphatic heterocycles. The fraction of sp³-hybridized carbons (Fsp3) is 0.611. The third-order valence-corrected chi connectivity index (χ3v) is 5.86. The van der Waals surface area contributed by atoms with Crippen LogP contribution in [0.5, 0.6) is 5.75 Å². The van der Waals surface area contributed by atoms with Gasteiger partial charge in [0.1, 0.15) is 15.6 Å². The smallest absolute Gasteiger partial charge is 0.254 e. The number of nitrogens with zero attached hydrogens (tertiary/aromatic N) is 2. The first-order valence-electron chi connectivity index (χ1n) is 8.78. The molecule has 0 N–H and O–H groups in total. The van der Waals surface area contributed by atoms with E-state index < -0.39 is 9.84 Å². The normalized spacial score (nSPS) is 24.2. The van der Waals surface area contributed by atoms with Gasteiger partial charge in [0, 0.05) is 43.9 Å². The predicted molar refractivity (Wildman–Crippen MR) is 98.3 cm³/mol. The number of fused-ring (bicyclic) bond motifs is 3. The molecule has 2 heterocycles. The van der Waals surface area contributed by atoms with E-state index in [9.17, 15) is 13.2 Å². The number of carbonyl (C=O) groups is 1. The molecule has 0 saturated carbocycles. The Kier molecular flexibility index (Phi) is 5.84. The lowest BCUT2D eigenvalue weighted by Gasteiger charge is -2.31. The quantitative estimate of drug-likeness (QED) is 0.739. The van der Waals surface area contributed by atoms with E-state index in [1.54, 1.807) is 19.2 Å². The maximum absolute atomic E-state index is 13.0. The van der Waals surface area contributed by atoms with Crippen molar-refractivity contribution < 1.29 is 22.7 Å². The summed E-state index contributed by atoms with van der Waals surface area (Å²) in [7, 11) is -1.44. The van der Waals surface area contributed by atoms with Crippen molar-refractivity contribution in [3.8, 4) is 5.75 Å². The van der Waals surface area contributed by atoms with E-state index in [4.69, 9.17) is 9.47 Å². The molecular formula is C18H26N2O5S. The van der Waals surface area contributed by atoms with Gasteiger partial charge in [0.25, 0.3) is 5.91 Å². The van der Waals surface area contributed by atoms with Crippen molar-refractivity contribution in [3.05, 3.63) is 29.8 Å². The van der Waals surface area contributed by atoms with Crippen LogP contribution in [0.25, 0.3) is 0 Å². The summed E-state index contributed by atoms with van der Waals surface area (Å²) in [6.45, 7) is 3.49. The standard InChI is InChI=1S/C18H26N2O5S/c1-24-17-5-3-4-15(8-17)18(21)20-10-14-9-19(6-7-26(2,22)23)16(11-20)13-25-12-14/h3-5,8,14,16H,6-7,9-13H2,1-2H3/t14-,16+/m1/s1. The van der Waals surface area contributed by atoms with Crippen LogP contribution in [0.1, 0.15) is 10.4 Å². The molecule has 2 bridgehead atoms. The van der Waals surface area contributed by atoms with Crippen LogP contribution >= 0.6 is 0 Å². The van der Waals surface area contributed by atoms with Gasteiger partial charge in [0.15, 0.2) is 0 Å². The van der Waals surface area contributed by atoms with Crippen molar-refractivity contribution in [2.24, 2.45) is 5.92 Å². The van der Waals surface area contributed by atoms with Gasteiger partial charge in [-0.2, -0.15) is 0 Å². The van der Waals surface area contributed by atoms with Crippen molar-refractivity contribution in [2.45, 2.75) is 6.04 Å². The van der Waals surface area contributed by atoms with E-state index in [1.807, 2.05) is 17.0 Å². The molecule has 3 rings (SSSR count). The monoisotopic (exact) mass is 382 g/mol. The van der Waals surface area contributed by atoms with E-state index in [0.717, 1.165) is 6.54 Å². The van der Waals surface area contributed by atoms with Crippen molar-refractivity contribution in [2.75, 3.05) is 58.5 Å². The molecule has 0 radical (unpaired) electrons. The lowest BCUT2D eigenvalue weighted by atomic mass is 10.1. The summed E-state index contributed by atoms with van der Waals surface area (Å²) in [5.74, 6) is 0.936. The summed E-state index contributed by atoms with van der Waals surface area (Å²) in [6, 6.07) is 7.18. The molecule has 0 aliphatic carbocycles. The molecule has 0 aromatic heterocycles. The molecule has 26 heavy (non-hydrogen) atoms. The molecule has 8 heteroatoms. The zero-order valence-corrected chi connectivity index (χ0v) is 16.1. The van der Waals surface area contributed by atoms with Crippen LogP contribution in [0, 0.1) is 5.92 Å². The fourth-order valence-corrected chi connectivity index (χ4v) is 4.16. The number of carbonyl (C=O) groups excluding carboxylic acids is 1. The number of benzene rings is 1. The summed E-state index contributed by atoms with van der Waals surface area (Å²) in [4.78, 5) is 17.0. The Hall–Kier alpha value is -1.64. The molecule has 0 spiro atoms. The Bertz CT molecular complexity index is 752. The minimum absolute atomic E-state index is 0.0128. The zero-order valence-electron chi connectivity index (χ0n) is 15.3. The van der Waals surface area contributed by atoms with Gasteiger partial charge >= 0.3 is 0 Å². The molecule has 2 atom stereocenters. The Morgan fingerprint density at radius 2 is 2.08 bits per heavy atom. The van der Waals surface area contributed by atoms with E-state index in [1.165, 1.54) is 6.26 Å². The number of amides is 1. The molecule has 2 fully saturated rings. The first-order chi connectivity index (χ1) is 12.4. The number of rotatable bonds is 5. The third kappa shape index (κ3) is 4.75. The van der Waals surface area contributed by atoms with Gasteiger partial charge in [-0.3, -0.25) is 9.69 Å². The summed E-state index contributed by atoms with van der Waals surface area (Å²) in [5.41, 5.74) is 0.605. The van der Waals surface area contributed by atoms with Gasteiger partial charge in [-0.25, -0.2) is 8.42 Å². The Labute approximate surface area is 154 Å². The lowest BCUT2D eigenvalue weighted by molar-refractivity contribution is 0.0418. The van der Waals surface area contributed by atoms with Gasteiger partial charge in [0.2, 0.25) is 0 Å². The van der Waals surface area contributed by atoms with Crippen LogP contribution in [-0.4, -0.2) is 88.7 Å². The minimum atomic E-state index is -3.02. The molecule has 2 saturated heterocycles. The third-order valence-electron chi connectivity index (χ3n) is 4.94. The largest absolute Gasteiger partial charge is 0.497 e. The van der Waals surface area contributed by atoms with Crippen LogP contribution in [0.4, 0.5) is 0 Å². The topological polar surface area (TPSA) is 76.2 Å². The molecule has 7 nitrogen and oxygen atoms in total. The van der Waals surface area contributed by atoms with Crippen molar-refractivity contribution >= 4 is 15.7 Å². The van der Waals surface area contributed by atoms with Gasteiger partial charge in [-0.05, 0) is 18.2 Å². The summed E-state index contributed by atoms with van der Waals surface area (Å²) < 4.78 is 34.0. The van der Waals surface area contributed by atoms with E-state index >= 15 is 0 Å². The summed E-state index contributed by atoms with van der Waals surface area (Å²) in [5, 5.41) is 0. The average Bonchev–Trinajstić information content (AvgIpc) is 2.89. The van der Waals surface area contributed by atoms with Crippen molar-refractivity contribution in [3.63, 3.8) is 0 Å². The molecule has 144 valence electrons. The Morgan fingerprint density at radius 1 is 1.27 bits per heavy atom. The van der Waals surface area contributed by atoms with Crippen molar-refractivity contribution in [1.82, 2.24) is 9.80 Å². The van der Waals surface area contributed by atoms with Crippen molar-refractivity contribution in [1.29, 1.82) is 0 Å². The van der Waals surface area contributed by atoms with Crippen LogP contribution in [0.15, 0.2) is 24.3 Å². The number of hydrogen-bond acceptors (Lipinski definition) is 6. The highest BCUT2D eigenvalue weighted by Gasteiger charge is 2.35. The van der Waals surface area contributed by atoms with E-state index in [-0.39, 0.29) is 23.6 Å².